The minimum Gasteiger partial charge on any atom is -0.468 e. The molecular weight excluding hydrogens is 194 g/mol. The summed E-state index contributed by atoms with van der Waals surface area (Å²) in [7, 11) is 1.33. The minimum absolute atomic E-state index is 0.0267. The van der Waals surface area contributed by atoms with E-state index in [0.717, 1.165) is 12.8 Å². The molecule has 1 unspecified atom stereocenters. The number of amides is 1. The van der Waals surface area contributed by atoms with Crippen molar-refractivity contribution in [3.8, 4) is 0 Å². The Bertz CT molecular complexity index is 216. The van der Waals surface area contributed by atoms with E-state index >= 15 is 0 Å². The van der Waals surface area contributed by atoms with Gasteiger partial charge in [-0.2, -0.15) is 0 Å². The highest BCUT2D eigenvalue weighted by molar-refractivity contribution is 5.83. The molecule has 1 amide bonds. The lowest BCUT2D eigenvalue weighted by Gasteiger charge is -2.23. The van der Waals surface area contributed by atoms with Crippen molar-refractivity contribution in [1.29, 1.82) is 0 Å². The van der Waals surface area contributed by atoms with E-state index in [0.29, 0.717) is 6.54 Å². The monoisotopic (exact) mass is 215 g/mol. The molecule has 1 atom stereocenters. The summed E-state index contributed by atoms with van der Waals surface area (Å²) in [5.74, 6) is -0.356. The average molecular weight is 215 g/mol. The predicted octanol–water partition coefficient (Wildman–Crippen LogP) is 1.44. The molecule has 0 N–H and O–H groups in total. The summed E-state index contributed by atoms with van der Waals surface area (Å²) in [6, 6.07) is 0. The Morgan fingerprint density at radius 1 is 1.33 bits per heavy atom. The van der Waals surface area contributed by atoms with Crippen molar-refractivity contribution in [3.05, 3.63) is 0 Å². The SMILES string of the molecule is CCCN(CC(=O)OC)C(=O)C(C)CC. The fourth-order valence-corrected chi connectivity index (χ4v) is 1.24. The molecule has 0 spiro atoms. The molecule has 15 heavy (non-hydrogen) atoms. The molecular formula is C11H21NO3. The van der Waals surface area contributed by atoms with Crippen LogP contribution in [0.3, 0.4) is 0 Å². The van der Waals surface area contributed by atoms with Crippen LogP contribution in [0.4, 0.5) is 0 Å². The van der Waals surface area contributed by atoms with E-state index in [9.17, 15) is 9.59 Å². The van der Waals surface area contributed by atoms with Gasteiger partial charge < -0.3 is 9.64 Å². The van der Waals surface area contributed by atoms with Crippen molar-refractivity contribution >= 4 is 11.9 Å². The number of nitrogens with zero attached hydrogens (tertiary/aromatic N) is 1. The van der Waals surface area contributed by atoms with Gasteiger partial charge in [0.1, 0.15) is 6.54 Å². The highest BCUT2D eigenvalue weighted by Crippen LogP contribution is 2.07. The van der Waals surface area contributed by atoms with Crippen LogP contribution < -0.4 is 0 Å². The lowest BCUT2D eigenvalue weighted by molar-refractivity contribution is -0.148. The molecule has 0 heterocycles. The number of methoxy groups -OCH3 is 1. The van der Waals surface area contributed by atoms with E-state index in [4.69, 9.17) is 0 Å². The van der Waals surface area contributed by atoms with Crippen LogP contribution in [0.5, 0.6) is 0 Å². The Morgan fingerprint density at radius 3 is 2.33 bits per heavy atom. The van der Waals surface area contributed by atoms with Crippen molar-refractivity contribution in [2.45, 2.75) is 33.6 Å². The Balaban J connectivity index is 4.37. The average Bonchev–Trinajstić information content (AvgIpc) is 2.26. The molecule has 4 nitrogen and oxygen atoms in total. The van der Waals surface area contributed by atoms with Gasteiger partial charge in [-0.3, -0.25) is 9.59 Å². The van der Waals surface area contributed by atoms with E-state index < -0.39 is 0 Å². The molecule has 0 aliphatic carbocycles. The van der Waals surface area contributed by atoms with Crippen LogP contribution in [-0.2, 0) is 14.3 Å². The van der Waals surface area contributed by atoms with E-state index in [1.165, 1.54) is 7.11 Å². The number of carbonyl (C=O) groups is 2. The lowest BCUT2D eigenvalue weighted by atomic mass is 10.1. The van der Waals surface area contributed by atoms with Crippen LogP contribution in [0.2, 0.25) is 0 Å². The summed E-state index contributed by atoms with van der Waals surface area (Å²) in [6.45, 7) is 6.49. The second-order valence-electron chi connectivity index (χ2n) is 3.65. The fourth-order valence-electron chi connectivity index (χ4n) is 1.24. The van der Waals surface area contributed by atoms with Gasteiger partial charge >= 0.3 is 5.97 Å². The highest BCUT2D eigenvalue weighted by Gasteiger charge is 2.20. The third kappa shape index (κ3) is 4.81. The zero-order valence-corrected chi connectivity index (χ0v) is 10.1. The normalized spacial score (nSPS) is 12.0. The molecule has 0 saturated heterocycles. The summed E-state index contributed by atoms with van der Waals surface area (Å²) in [4.78, 5) is 24.5. The number of esters is 1. The zero-order chi connectivity index (χ0) is 11.8. The maximum Gasteiger partial charge on any atom is 0.325 e. The second kappa shape index (κ2) is 7.26. The van der Waals surface area contributed by atoms with Gasteiger partial charge in [0.15, 0.2) is 0 Å². The third-order valence-corrected chi connectivity index (χ3v) is 2.39. The first kappa shape index (κ1) is 13.9. The molecule has 0 radical (unpaired) electrons. The van der Waals surface area contributed by atoms with E-state index in [-0.39, 0.29) is 24.3 Å². The summed E-state index contributed by atoms with van der Waals surface area (Å²) < 4.78 is 4.56. The Hall–Kier alpha value is -1.06. The standard InChI is InChI=1S/C11H21NO3/c1-5-7-12(8-10(13)15-4)11(14)9(3)6-2/h9H,5-8H2,1-4H3. The number of ether oxygens (including phenoxy) is 1. The maximum absolute atomic E-state index is 11.8. The topological polar surface area (TPSA) is 46.6 Å². The van der Waals surface area contributed by atoms with E-state index in [2.05, 4.69) is 4.74 Å². The predicted molar refractivity (Wildman–Crippen MR) is 58.3 cm³/mol. The van der Waals surface area contributed by atoms with Crippen molar-refractivity contribution in [1.82, 2.24) is 4.90 Å². The van der Waals surface area contributed by atoms with Gasteiger partial charge in [-0.15, -0.1) is 0 Å². The van der Waals surface area contributed by atoms with Crippen LogP contribution >= 0.6 is 0 Å². The maximum atomic E-state index is 11.8. The quantitative estimate of drug-likeness (QED) is 0.630. The van der Waals surface area contributed by atoms with Gasteiger partial charge in [-0.25, -0.2) is 0 Å². The zero-order valence-electron chi connectivity index (χ0n) is 10.1. The van der Waals surface area contributed by atoms with Crippen molar-refractivity contribution in [2.24, 2.45) is 5.92 Å². The van der Waals surface area contributed by atoms with Gasteiger partial charge in [-0.1, -0.05) is 20.8 Å². The molecule has 0 rings (SSSR count). The van der Waals surface area contributed by atoms with Crippen LogP contribution in [-0.4, -0.2) is 37.0 Å². The van der Waals surface area contributed by atoms with Crippen molar-refractivity contribution in [2.75, 3.05) is 20.2 Å². The molecule has 88 valence electrons. The van der Waals surface area contributed by atoms with Gasteiger partial charge in [0.05, 0.1) is 7.11 Å². The first-order valence-corrected chi connectivity index (χ1v) is 5.42. The molecule has 0 saturated carbocycles. The summed E-state index contributed by atoms with van der Waals surface area (Å²) in [6.07, 6.45) is 1.64. The lowest BCUT2D eigenvalue weighted by Crippen LogP contribution is -2.39. The number of hydrogen-bond acceptors (Lipinski definition) is 3. The number of carbonyl (C=O) groups excluding carboxylic acids is 2. The van der Waals surface area contributed by atoms with Gasteiger partial charge in [-0.05, 0) is 12.8 Å². The molecule has 0 aromatic heterocycles. The molecule has 0 aromatic carbocycles. The summed E-state index contributed by atoms with van der Waals surface area (Å²) in [5, 5.41) is 0. The Kier molecular flexibility index (Phi) is 6.75. The number of hydrogen-bond donors (Lipinski definition) is 0. The van der Waals surface area contributed by atoms with Crippen LogP contribution in [0.25, 0.3) is 0 Å². The first-order chi connectivity index (χ1) is 7.06. The fraction of sp³-hybridized carbons (Fsp3) is 0.818. The second-order valence-corrected chi connectivity index (χ2v) is 3.65. The minimum atomic E-state index is -0.361. The first-order valence-electron chi connectivity index (χ1n) is 5.42. The van der Waals surface area contributed by atoms with Crippen molar-refractivity contribution in [3.63, 3.8) is 0 Å². The largest absolute Gasteiger partial charge is 0.468 e. The summed E-state index contributed by atoms with van der Waals surface area (Å²) >= 11 is 0. The third-order valence-electron chi connectivity index (χ3n) is 2.39. The van der Waals surface area contributed by atoms with Crippen LogP contribution in [0.1, 0.15) is 33.6 Å². The highest BCUT2D eigenvalue weighted by atomic mass is 16.5. The van der Waals surface area contributed by atoms with Crippen molar-refractivity contribution < 1.29 is 14.3 Å². The Labute approximate surface area is 91.6 Å². The van der Waals surface area contributed by atoms with Crippen LogP contribution in [0, 0.1) is 5.92 Å². The molecule has 0 fully saturated rings. The molecule has 0 bridgehead atoms. The van der Waals surface area contributed by atoms with Gasteiger partial charge in [0.2, 0.25) is 5.91 Å². The van der Waals surface area contributed by atoms with Gasteiger partial charge in [0, 0.05) is 12.5 Å². The van der Waals surface area contributed by atoms with E-state index in [1.807, 2.05) is 20.8 Å². The smallest absolute Gasteiger partial charge is 0.325 e. The number of rotatable bonds is 6. The molecule has 0 aliphatic rings. The Morgan fingerprint density at radius 2 is 1.93 bits per heavy atom. The summed E-state index contributed by atoms with van der Waals surface area (Å²) in [5.41, 5.74) is 0. The molecule has 4 heteroatoms. The van der Waals surface area contributed by atoms with Gasteiger partial charge in [0.25, 0.3) is 0 Å². The van der Waals surface area contributed by atoms with E-state index in [1.54, 1.807) is 4.90 Å². The van der Waals surface area contributed by atoms with Crippen LogP contribution in [0.15, 0.2) is 0 Å². The molecule has 0 aromatic rings. The molecule has 0 aliphatic heterocycles.